The molecule has 1 unspecified atom stereocenters. The highest BCUT2D eigenvalue weighted by molar-refractivity contribution is 6.33. The maximum atomic E-state index is 8.73. The molecule has 3 nitrogen and oxygen atoms in total. The van der Waals surface area contributed by atoms with Gasteiger partial charge in [-0.25, -0.2) is 0 Å². The van der Waals surface area contributed by atoms with E-state index in [0.717, 1.165) is 24.3 Å². The Kier molecular flexibility index (Phi) is 5.43. The lowest BCUT2D eigenvalue weighted by Gasteiger charge is -2.16. The predicted molar refractivity (Wildman–Crippen MR) is 67.4 cm³/mol. The van der Waals surface area contributed by atoms with Gasteiger partial charge in [0.15, 0.2) is 0 Å². The maximum absolute atomic E-state index is 8.73. The SMILES string of the molecule is COc1ccc(NC(C)CCCO)c(Cl)c1. The Morgan fingerprint density at radius 3 is 2.81 bits per heavy atom. The minimum Gasteiger partial charge on any atom is -0.497 e. The molecular formula is C12H18ClNO2. The van der Waals surface area contributed by atoms with Crippen molar-refractivity contribution in [3.63, 3.8) is 0 Å². The van der Waals surface area contributed by atoms with E-state index in [1.807, 2.05) is 12.1 Å². The molecule has 16 heavy (non-hydrogen) atoms. The number of aliphatic hydroxyl groups is 1. The molecule has 0 heterocycles. The average molecular weight is 244 g/mol. The van der Waals surface area contributed by atoms with Gasteiger partial charge in [-0.2, -0.15) is 0 Å². The molecule has 0 saturated carbocycles. The number of nitrogens with one attached hydrogen (secondary N) is 1. The van der Waals surface area contributed by atoms with E-state index in [-0.39, 0.29) is 12.6 Å². The van der Waals surface area contributed by atoms with Crippen LogP contribution < -0.4 is 10.1 Å². The van der Waals surface area contributed by atoms with Gasteiger partial charge in [-0.1, -0.05) is 11.6 Å². The maximum Gasteiger partial charge on any atom is 0.120 e. The third kappa shape index (κ3) is 3.91. The first-order valence-electron chi connectivity index (χ1n) is 5.38. The van der Waals surface area contributed by atoms with Crippen LogP contribution in [-0.2, 0) is 0 Å². The summed E-state index contributed by atoms with van der Waals surface area (Å²) in [5, 5.41) is 12.7. The van der Waals surface area contributed by atoms with Crippen molar-refractivity contribution in [2.24, 2.45) is 0 Å². The molecule has 0 bridgehead atoms. The van der Waals surface area contributed by atoms with Crippen LogP contribution in [0.5, 0.6) is 5.75 Å². The standard InChI is InChI=1S/C12H18ClNO2/c1-9(4-3-7-15)14-12-6-5-10(16-2)8-11(12)13/h5-6,8-9,14-15H,3-4,7H2,1-2H3. The number of aliphatic hydroxyl groups excluding tert-OH is 1. The summed E-state index contributed by atoms with van der Waals surface area (Å²) < 4.78 is 5.07. The molecular weight excluding hydrogens is 226 g/mol. The summed E-state index contributed by atoms with van der Waals surface area (Å²) in [6.45, 7) is 2.29. The van der Waals surface area contributed by atoms with E-state index in [4.69, 9.17) is 21.4 Å². The van der Waals surface area contributed by atoms with E-state index in [2.05, 4.69) is 12.2 Å². The largest absolute Gasteiger partial charge is 0.497 e. The zero-order chi connectivity index (χ0) is 12.0. The Bertz CT molecular complexity index is 331. The van der Waals surface area contributed by atoms with Gasteiger partial charge in [0.05, 0.1) is 17.8 Å². The second-order valence-electron chi connectivity index (χ2n) is 3.76. The van der Waals surface area contributed by atoms with Crippen LogP contribution in [-0.4, -0.2) is 24.9 Å². The van der Waals surface area contributed by atoms with Crippen LogP contribution in [0.2, 0.25) is 5.02 Å². The summed E-state index contributed by atoms with van der Waals surface area (Å²) >= 11 is 6.09. The van der Waals surface area contributed by atoms with E-state index >= 15 is 0 Å². The van der Waals surface area contributed by atoms with Crippen LogP contribution in [0.3, 0.4) is 0 Å². The van der Waals surface area contributed by atoms with Crippen molar-refractivity contribution in [1.82, 2.24) is 0 Å². The lowest BCUT2D eigenvalue weighted by molar-refractivity contribution is 0.282. The van der Waals surface area contributed by atoms with E-state index in [0.29, 0.717) is 5.02 Å². The Balaban J connectivity index is 2.59. The van der Waals surface area contributed by atoms with Crippen LogP contribution in [0.25, 0.3) is 0 Å². The molecule has 1 rings (SSSR count). The summed E-state index contributed by atoms with van der Waals surface area (Å²) in [4.78, 5) is 0. The lowest BCUT2D eigenvalue weighted by atomic mass is 10.2. The Morgan fingerprint density at radius 1 is 1.50 bits per heavy atom. The topological polar surface area (TPSA) is 41.5 Å². The molecule has 0 amide bonds. The van der Waals surface area contributed by atoms with Crippen molar-refractivity contribution in [3.05, 3.63) is 23.2 Å². The van der Waals surface area contributed by atoms with Crippen molar-refractivity contribution >= 4 is 17.3 Å². The van der Waals surface area contributed by atoms with Gasteiger partial charge in [-0.15, -0.1) is 0 Å². The van der Waals surface area contributed by atoms with Gasteiger partial charge in [-0.3, -0.25) is 0 Å². The smallest absolute Gasteiger partial charge is 0.120 e. The zero-order valence-electron chi connectivity index (χ0n) is 9.66. The number of hydrogen-bond donors (Lipinski definition) is 2. The molecule has 4 heteroatoms. The predicted octanol–water partition coefficient (Wildman–Crippen LogP) is 2.92. The van der Waals surface area contributed by atoms with Gasteiger partial charge >= 0.3 is 0 Å². The molecule has 0 aromatic heterocycles. The molecule has 0 aliphatic rings. The third-order valence-corrected chi connectivity index (χ3v) is 2.69. The molecule has 1 atom stereocenters. The molecule has 0 fully saturated rings. The molecule has 90 valence electrons. The number of methoxy groups -OCH3 is 1. The van der Waals surface area contributed by atoms with Crippen molar-refractivity contribution in [3.8, 4) is 5.75 Å². The monoisotopic (exact) mass is 243 g/mol. The number of benzene rings is 1. The van der Waals surface area contributed by atoms with Crippen LogP contribution >= 0.6 is 11.6 Å². The number of hydrogen-bond acceptors (Lipinski definition) is 3. The second kappa shape index (κ2) is 6.61. The fourth-order valence-electron chi connectivity index (χ4n) is 1.47. The quantitative estimate of drug-likeness (QED) is 0.807. The number of anilines is 1. The van der Waals surface area contributed by atoms with Crippen LogP contribution in [0.15, 0.2) is 18.2 Å². The molecule has 0 aliphatic carbocycles. The first-order valence-corrected chi connectivity index (χ1v) is 5.76. The number of ether oxygens (including phenoxy) is 1. The summed E-state index contributed by atoms with van der Waals surface area (Å²) in [5.74, 6) is 0.749. The first-order chi connectivity index (χ1) is 7.67. The molecule has 0 spiro atoms. The summed E-state index contributed by atoms with van der Waals surface area (Å²) in [6, 6.07) is 5.84. The summed E-state index contributed by atoms with van der Waals surface area (Å²) in [6.07, 6.45) is 1.71. The third-order valence-electron chi connectivity index (χ3n) is 2.37. The van der Waals surface area contributed by atoms with E-state index in [1.165, 1.54) is 0 Å². The highest BCUT2D eigenvalue weighted by Gasteiger charge is 2.06. The van der Waals surface area contributed by atoms with Crippen molar-refractivity contribution in [2.75, 3.05) is 19.0 Å². The van der Waals surface area contributed by atoms with Crippen molar-refractivity contribution in [1.29, 1.82) is 0 Å². The van der Waals surface area contributed by atoms with Gasteiger partial charge in [0, 0.05) is 18.7 Å². The minimum atomic E-state index is 0.225. The van der Waals surface area contributed by atoms with Gasteiger partial charge in [0.2, 0.25) is 0 Å². The van der Waals surface area contributed by atoms with Gasteiger partial charge in [0.25, 0.3) is 0 Å². The molecule has 1 aromatic carbocycles. The fourth-order valence-corrected chi connectivity index (χ4v) is 1.70. The molecule has 0 saturated heterocycles. The zero-order valence-corrected chi connectivity index (χ0v) is 10.4. The fraction of sp³-hybridized carbons (Fsp3) is 0.500. The summed E-state index contributed by atoms with van der Waals surface area (Å²) in [5.41, 5.74) is 0.896. The Hall–Kier alpha value is -0.930. The number of rotatable bonds is 6. The van der Waals surface area contributed by atoms with E-state index < -0.39 is 0 Å². The molecule has 1 aromatic rings. The Morgan fingerprint density at radius 2 is 2.25 bits per heavy atom. The highest BCUT2D eigenvalue weighted by atomic mass is 35.5. The van der Waals surface area contributed by atoms with E-state index in [1.54, 1.807) is 13.2 Å². The van der Waals surface area contributed by atoms with E-state index in [9.17, 15) is 0 Å². The molecule has 2 N–H and O–H groups in total. The number of halogens is 1. The van der Waals surface area contributed by atoms with Crippen molar-refractivity contribution < 1.29 is 9.84 Å². The first kappa shape index (κ1) is 13.1. The molecule has 0 radical (unpaired) electrons. The van der Waals surface area contributed by atoms with Gasteiger partial charge in [-0.05, 0) is 31.9 Å². The average Bonchev–Trinajstić information content (AvgIpc) is 2.29. The van der Waals surface area contributed by atoms with Crippen molar-refractivity contribution in [2.45, 2.75) is 25.8 Å². The summed E-state index contributed by atoms with van der Waals surface area (Å²) in [7, 11) is 1.61. The normalized spacial score (nSPS) is 12.2. The van der Waals surface area contributed by atoms with Crippen LogP contribution in [0.4, 0.5) is 5.69 Å². The van der Waals surface area contributed by atoms with Gasteiger partial charge < -0.3 is 15.2 Å². The lowest BCUT2D eigenvalue weighted by Crippen LogP contribution is -2.15. The molecule has 0 aliphatic heterocycles. The van der Waals surface area contributed by atoms with Gasteiger partial charge in [0.1, 0.15) is 5.75 Å². The minimum absolute atomic E-state index is 0.225. The highest BCUT2D eigenvalue weighted by Crippen LogP contribution is 2.27. The van der Waals surface area contributed by atoms with Crippen LogP contribution in [0, 0.1) is 0 Å². The second-order valence-corrected chi connectivity index (χ2v) is 4.16. The van der Waals surface area contributed by atoms with Crippen LogP contribution in [0.1, 0.15) is 19.8 Å². The Labute approximate surface area is 101 Å².